The molecule has 0 spiro atoms. The molecule has 0 aliphatic heterocycles. The van der Waals surface area contributed by atoms with Gasteiger partial charge in [0.1, 0.15) is 0 Å². The van der Waals surface area contributed by atoms with Gasteiger partial charge in [0.15, 0.2) is 5.69 Å². The van der Waals surface area contributed by atoms with Crippen LogP contribution < -0.4 is 5.73 Å². The van der Waals surface area contributed by atoms with E-state index in [-0.39, 0.29) is 0 Å². The molecule has 0 aliphatic carbocycles. The summed E-state index contributed by atoms with van der Waals surface area (Å²) in [5, 5.41) is 4.18. The van der Waals surface area contributed by atoms with Gasteiger partial charge in [-0.15, -0.1) is 0 Å². The lowest BCUT2D eigenvalue weighted by atomic mass is 10.1. The van der Waals surface area contributed by atoms with Crippen LogP contribution in [-0.4, -0.2) is 22.8 Å². The molecule has 0 aliphatic rings. The van der Waals surface area contributed by atoms with Crippen LogP contribution in [0.15, 0.2) is 0 Å². The van der Waals surface area contributed by atoms with Gasteiger partial charge in [0.25, 0.3) is 5.91 Å². The van der Waals surface area contributed by atoms with Crippen LogP contribution in [0.5, 0.6) is 0 Å². The maximum Gasteiger partial charge on any atom is 0.269 e. The largest absolute Gasteiger partial charge is 0.380 e. The summed E-state index contributed by atoms with van der Waals surface area (Å²) in [6, 6.07) is 0. The molecule has 5 heteroatoms. The molecule has 1 heterocycles. The Bertz CT molecular complexity index is 358. The Morgan fingerprint density at radius 3 is 2.60 bits per heavy atom. The fourth-order valence-electron chi connectivity index (χ4n) is 1.69. The summed E-state index contributed by atoms with van der Waals surface area (Å²) in [7, 11) is 1.59. The molecule has 15 heavy (non-hydrogen) atoms. The van der Waals surface area contributed by atoms with E-state index in [1.807, 2.05) is 13.8 Å². The Morgan fingerprint density at radius 2 is 2.20 bits per heavy atom. The molecule has 0 saturated carbocycles. The highest BCUT2D eigenvalue weighted by atomic mass is 16.5. The first-order chi connectivity index (χ1) is 7.15. The standard InChI is InChI=1S/C10H17N3O2/c1-4-8-7(6-15-3)9(10(11)14)12-13(8)5-2/h4-6H2,1-3H3,(H2,11,14). The fourth-order valence-corrected chi connectivity index (χ4v) is 1.69. The summed E-state index contributed by atoms with van der Waals surface area (Å²) < 4.78 is 6.86. The third-order valence-corrected chi connectivity index (χ3v) is 2.32. The summed E-state index contributed by atoms with van der Waals surface area (Å²) in [4.78, 5) is 11.2. The normalized spacial score (nSPS) is 10.6. The number of nitrogens with two attached hydrogens (primary N) is 1. The first kappa shape index (κ1) is 11.7. The van der Waals surface area contributed by atoms with Crippen LogP contribution in [0.1, 0.15) is 35.6 Å². The molecule has 0 atom stereocenters. The molecule has 0 aromatic carbocycles. The topological polar surface area (TPSA) is 70.1 Å². The molecule has 2 N–H and O–H groups in total. The summed E-state index contributed by atoms with van der Waals surface area (Å²) in [6.07, 6.45) is 0.812. The van der Waals surface area contributed by atoms with E-state index in [1.54, 1.807) is 11.8 Å². The minimum Gasteiger partial charge on any atom is -0.380 e. The summed E-state index contributed by atoms with van der Waals surface area (Å²) >= 11 is 0. The van der Waals surface area contributed by atoms with Gasteiger partial charge in [-0.05, 0) is 13.3 Å². The summed E-state index contributed by atoms with van der Waals surface area (Å²) in [5.41, 5.74) is 7.43. The third kappa shape index (κ3) is 2.18. The molecular weight excluding hydrogens is 194 g/mol. The molecule has 0 fully saturated rings. The fraction of sp³-hybridized carbons (Fsp3) is 0.600. The van der Waals surface area contributed by atoms with Crippen molar-refractivity contribution in [3.8, 4) is 0 Å². The second-order valence-corrected chi connectivity index (χ2v) is 3.24. The molecular formula is C10H17N3O2. The molecule has 84 valence electrons. The lowest BCUT2D eigenvalue weighted by Gasteiger charge is -2.04. The molecule has 1 amide bonds. The van der Waals surface area contributed by atoms with Crippen LogP contribution >= 0.6 is 0 Å². The van der Waals surface area contributed by atoms with E-state index in [9.17, 15) is 4.79 Å². The van der Waals surface area contributed by atoms with Crippen molar-refractivity contribution in [3.05, 3.63) is 17.0 Å². The molecule has 0 unspecified atom stereocenters. The number of carbonyl (C=O) groups is 1. The van der Waals surface area contributed by atoms with E-state index in [2.05, 4.69) is 5.10 Å². The lowest BCUT2D eigenvalue weighted by Crippen LogP contribution is -2.14. The summed E-state index contributed by atoms with van der Waals surface area (Å²) in [5.74, 6) is -0.496. The number of hydrogen-bond donors (Lipinski definition) is 1. The predicted octanol–water partition coefficient (Wildman–Crippen LogP) is 0.711. The van der Waals surface area contributed by atoms with E-state index < -0.39 is 5.91 Å². The molecule has 0 bridgehead atoms. The van der Waals surface area contributed by atoms with Crippen molar-refractivity contribution in [3.63, 3.8) is 0 Å². The zero-order valence-electron chi connectivity index (χ0n) is 9.41. The van der Waals surface area contributed by atoms with Crippen LogP contribution in [0.2, 0.25) is 0 Å². The quantitative estimate of drug-likeness (QED) is 0.779. The Kier molecular flexibility index (Phi) is 3.85. The number of methoxy groups -OCH3 is 1. The van der Waals surface area contributed by atoms with Crippen molar-refractivity contribution in [1.29, 1.82) is 0 Å². The highest BCUT2D eigenvalue weighted by Crippen LogP contribution is 2.16. The van der Waals surface area contributed by atoms with Crippen molar-refractivity contribution in [2.24, 2.45) is 5.73 Å². The third-order valence-electron chi connectivity index (χ3n) is 2.32. The van der Waals surface area contributed by atoms with E-state index in [1.165, 1.54) is 0 Å². The average molecular weight is 211 g/mol. The number of ether oxygens (including phenoxy) is 1. The number of primary amides is 1. The van der Waals surface area contributed by atoms with Gasteiger partial charge < -0.3 is 10.5 Å². The Balaban J connectivity index is 3.26. The molecule has 1 aromatic rings. The van der Waals surface area contributed by atoms with E-state index >= 15 is 0 Å². The van der Waals surface area contributed by atoms with Gasteiger partial charge in [0, 0.05) is 24.9 Å². The Labute approximate surface area is 89.2 Å². The van der Waals surface area contributed by atoms with Gasteiger partial charge in [-0.3, -0.25) is 9.48 Å². The van der Waals surface area contributed by atoms with Crippen LogP contribution in [-0.2, 0) is 24.3 Å². The lowest BCUT2D eigenvalue weighted by molar-refractivity contribution is 0.0990. The summed E-state index contributed by atoms with van der Waals surface area (Å²) in [6.45, 7) is 5.11. The van der Waals surface area contributed by atoms with Crippen LogP contribution in [0.25, 0.3) is 0 Å². The first-order valence-corrected chi connectivity index (χ1v) is 5.02. The second-order valence-electron chi connectivity index (χ2n) is 3.24. The Morgan fingerprint density at radius 1 is 1.53 bits per heavy atom. The number of nitrogens with zero attached hydrogens (tertiary/aromatic N) is 2. The molecule has 0 radical (unpaired) electrons. The van der Waals surface area contributed by atoms with Crippen LogP contribution in [0.4, 0.5) is 0 Å². The number of hydrogen-bond acceptors (Lipinski definition) is 3. The van der Waals surface area contributed by atoms with Crippen LogP contribution in [0, 0.1) is 0 Å². The number of aryl methyl sites for hydroxylation is 1. The monoisotopic (exact) mass is 211 g/mol. The van der Waals surface area contributed by atoms with E-state index in [0.717, 1.165) is 24.2 Å². The number of rotatable bonds is 5. The van der Waals surface area contributed by atoms with E-state index in [0.29, 0.717) is 12.3 Å². The van der Waals surface area contributed by atoms with Gasteiger partial charge in [0.05, 0.1) is 6.61 Å². The zero-order valence-corrected chi connectivity index (χ0v) is 9.41. The SMILES string of the molecule is CCc1c(COC)c(C(N)=O)nn1CC. The molecule has 0 saturated heterocycles. The minimum atomic E-state index is -0.496. The molecule has 1 rings (SSSR count). The van der Waals surface area contributed by atoms with Gasteiger partial charge in [0.2, 0.25) is 0 Å². The zero-order chi connectivity index (χ0) is 11.4. The minimum absolute atomic E-state index is 0.329. The highest BCUT2D eigenvalue weighted by molar-refractivity contribution is 5.92. The maximum absolute atomic E-state index is 11.2. The highest BCUT2D eigenvalue weighted by Gasteiger charge is 2.19. The first-order valence-electron chi connectivity index (χ1n) is 5.02. The maximum atomic E-state index is 11.2. The van der Waals surface area contributed by atoms with Crippen LogP contribution in [0.3, 0.4) is 0 Å². The number of aromatic nitrogens is 2. The van der Waals surface area contributed by atoms with Gasteiger partial charge in [-0.1, -0.05) is 6.92 Å². The van der Waals surface area contributed by atoms with Crippen molar-refractivity contribution in [2.45, 2.75) is 33.4 Å². The number of carbonyl (C=O) groups excluding carboxylic acids is 1. The van der Waals surface area contributed by atoms with Gasteiger partial charge >= 0.3 is 0 Å². The second kappa shape index (κ2) is 4.93. The van der Waals surface area contributed by atoms with Crippen molar-refractivity contribution in [1.82, 2.24) is 9.78 Å². The smallest absolute Gasteiger partial charge is 0.269 e. The van der Waals surface area contributed by atoms with E-state index in [4.69, 9.17) is 10.5 Å². The Hall–Kier alpha value is -1.36. The number of amides is 1. The van der Waals surface area contributed by atoms with Gasteiger partial charge in [-0.25, -0.2) is 0 Å². The molecule has 5 nitrogen and oxygen atoms in total. The molecule has 1 aromatic heterocycles. The predicted molar refractivity (Wildman–Crippen MR) is 56.5 cm³/mol. The van der Waals surface area contributed by atoms with Crippen molar-refractivity contribution in [2.75, 3.05) is 7.11 Å². The van der Waals surface area contributed by atoms with Crippen molar-refractivity contribution < 1.29 is 9.53 Å². The van der Waals surface area contributed by atoms with Crippen molar-refractivity contribution >= 4 is 5.91 Å². The average Bonchev–Trinajstić information content (AvgIpc) is 2.56. The van der Waals surface area contributed by atoms with Gasteiger partial charge in [-0.2, -0.15) is 5.10 Å².